The summed E-state index contributed by atoms with van der Waals surface area (Å²) in [5.41, 5.74) is 0.321. The average Bonchev–Trinajstić information content (AvgIpc) is 3.09. The number of anilines is 1. The van der Waals surface area contributed by atoms with Crippen LogP contribution in [0.15, 0.2) is 90.1 Å². The Morgan fingerprint density at radius 3 is 2.22 bits per heavy atom. The third-order valence-electron chi connectivity index (χ3n) is 8.21. The number of aromatic hydroxyl groups is 1. The Bertz CT molecular complexity index is 1960. The molecule has 0 saturated carbocycles. The summed E-state index contributed by atoms with van der Waals surface area (Å²) in [7, 11) is 3.04. The Balaban J connectivity index is 0.00000562. The molecule has 0 aliphatic heterocycles. The second-order valence-corrected chi connectivity index (χ2v) is 11.6. The van der Waals surface area contributed by atoms with Crippen LogP contribution in [0, 0.1) is 11.6 Å². The summed E-state index contributed by atoms with van der Waals surface area (Å²) in [5, 5.41) is 9.87. The highest BCUT2D eigenvalue weighted by atomic mass is 79.9. The number of carbonyl (C=O) groups is 1. The molecule has 2 heterocycles. The maximum absolute atomic E-state index is 14.1. The Kier molecular flexibility index (Phi) is 13.3. The van der Waals surface area contributed by atoms with Gasteiger partial charge in [-0.3, -0.25) is 9.59 Å². The Hall–Kier alpha value is -4.97. The van der Waals surface area contributed by atoms with Crippen molar-refractivity contribution in [2.24, 2.45) is 0 Å². The largest absolute Gasteiger partial charge is 1.00 e. The number of carbonyl (C=O) groups excluding carboxylic acids is 1. The number of fused-ring (bicyclic) bond motifs is 1. The molecule has 264 valence electrons. The minimum absolute atomic E-state index is 0. The molecular weight excluding hydrogens is 712 g/mol. The van der Waals surface area contributed by atoms with Gasteiger partial charge >= 0.3 is 0 Å². The molecule has 12 heteroatoms. The van der Waals surface area contributed by atoms with Crippen molar-refractivity contribution >= 4 is 22.5 Å². The number of unbranched alkanes of at least 4 members (excludes halogenated alkanes) is 4. The monoisotopic (exact) mass is 751 g/mol. The minimum Gasteiger partial charge on any atom is -1.00 e. The first-order valence-corrected chi connectivity index (χ1v) is 16.2. The zero-order valence-electron chi connectivity index (χ0n) is 28.2. The zero-order chi connectivity index (χ0) is 34.9. The number of aromatic nitrogens is 2. The van der Waals surface area contributed by atoms with Crippen LogP contribution in [0.2, 0.25) is 0 Å². The van der Waals surface area contributed by atoms with Crippen LogP contribution < -0.4 is 46.1 Å². The van der Waals surface area contributed by atoms with Gasteiger partial charge in [-0.25, -0.2) is 13.3 Å². The fourth-order valence-electron chi connectivity index (χ4n) is 5.74. The van der Waals surface area contributed by atoms with Crippen molar-refractivity contribution in [1.82, 2.24) is 4.57 Å². The fraction of sp³-hybridized carbons (Fsp3) is 0.289. The summed E-state index contributed by atoms with van der Waals surface area (Å²) < 4.78 is 48.9. The summed E-state index contributed by atoms with van der Waals surface area (Å²) in [4.78, 5) is 28.9. The number of amides is 1. The molecule has 5 aromatic rings. The van der Waals surface area contributed by atoms with Crippen molar-refractivity contribution in [3.8, 4) is 28.7 Å². The van der Waals surface area contributed by atoms with Crippen molar-refractivity contribution in [2.45, 2.75) is 45.6 Å². The lowest BCUT2D eigenvalue weighted by Gasteiger charge is -2.22. The van der Waals surface area contributed by atoms with Crippen molar-refractivity contribution in [3.63, 3.8) is 0 Å². The predicted octanol–water partition coefficient (Wildman–Crippen LogP) is 3.98. The number of methoxy groups -OCH3 is 2. The maximum atomic E-state index is 14.1. The van der Waals surface area contributed by atoms with Gasteiger partial charge in [-0.2, -0.15) is 0 Å². The molecule has 0 atom stereocenters. The molecule has 0 aliphatic rings. The van der Waals surface area contributed by atoms with Crippen molar-refractivity contribution in [3.05, 3.63) is 113 Å². The predicted molar refractivity (Wildman–Crippen MR) is 183 cm³/mol. The first kappa shape index (κ1) is 37.8. The minimum atomic E-state index is -0.836. The smallest absolute Gasteiger partial charge is 0.263 e. The van der Waals surface area contributed by atoms with E-state index in [-0.39, 0.29) is 45.9 Å². The van der Waals surface area contributed by atoms with Gasteiger partial charge in [-0.1, -0.05) is 12.8 Å². The van der Waals surface area contributed by atoms with Gasteiger partial charge < -0.3 is 45.8 Å². The highest BCUT2D eigenvalue weighted by molar-refractivity contribution is 6.07. The lowest BCUT2D eigenvalue weighted by Crippen LogP contribution is -3.00. The molecule has 1 amide bonds. The number of hydrogen-bond donors (Lipinski definition) is 1. The highest BCUT2D eigenvalue weighted by Crippen LogP contribution is 2.30. The molecule has 0 saturated heterocycles. The van der Waals surface area contributed by atoms with Gasteiger partial charge in [0.1, 0.15) is 41.0 Å². The molecule has 0 radical (unpaired) electrons. The number of aryl methyl sites for hydroxylation is 1. The van der Waals surface area contributed by atoms with Crippen molar-refractivity contribution in [1.29, 1.82) is 0 Å². The van der Waals surface area contributed by atoms with Crippen LogP contribution in [-0.4, -0.2) is 43.0 Å². The zero-order valence-corrected chi connectivity index (χ0v) is 29.8. The Labute approximate surface area is 300 Å². The van der Waals surface area contributed by atoms with Gasteiger partial charge in [0.25, 0.3) is 5.91 Å². The summed E-state index contributed by atoms with van der Waals surface area (Å²) in [5.74, 6) is -0.581. The third kappa shape index (κ3) is 9.17. The van der Waals surface area contributed by atoms with Gasteiger partial charge in [0.2, 0.25) is 11.6 Å². The maximum Gasteiger partial charge on any atom is 0.263 e. The van der Waals surface area contributed by atoms with E-state index in [0.717, 1.165) is 61.7 Å². The van der Waals surface area contributed by atoms with Gasteiger partial charge in [-0.15, -0.1) is 0 Å². The number of rotatable bonds is 15. The van der Waals surface area contributed by atoms with Crippen LogP contribution in [0.5, 0.6) is 23.0 Å². The van der Waals surface area contributed by atoms with Crippen molar-refractivity contribution < 1.29 is 54.4 Å². The van der Waals surface area contributed by atoms with E-state index in [0.29, 0.717) is 35.1 Å². The topological polar surface area (TPSA) is 94.1 Å². The molecular formula is C38H40BrF2N3O6. The summed E-state index contributed by atoms with van der Waals surface area (Å²) in [6.45, 7) is 3.05. The van der Waals surface area contributed by atoms with Gasteiger partial charge in [0.05, 0.1) is 32.0 Å². The van der Waals surface area contributed by atoms with E-state index in [2.05, 4.69) is 0 Å². The van der Waals surface area contributed by atoms with Crippen LogP contribution in [-0.2, 0) is 6.54 Å². The molecule has 50 heavy (non-hydrogen) atoms. The molecule has 0 fully saturated rings. The SMILES string of the molecule is CCN(C(=O)c1cn(-c2cc(OC)cc(OC)c2)c2cc(OCCCCCCC[n+]3cccc(O)c3)ccc2c1=O)c1cc(F)cc(F)c1.[Br-]. The van der Waals surface area contributed by atoms with Crippen LogP contribution in [0.4, 0.5) is 14.5 Å². The number of hydrogen-bond acceptors (Lipinski definition) is 6. The van der Waals surface area contributed by atoms with E-state index in [1.54, 1.807) is 60.2 Å². The standard InChI is InChI=1S/C38H39F2N3O6.BrH/c1-4-42(28-18-26(39)17-27(40)19-28)38(46)35-25-43(29-20-32(47-2)22-33(21-29)48-3)36-23-31(12-13-34(36)37(35)45)49-16-9-7-5-6-8-14-41-15-10-11-30(44)24-41;/h10-13,15,17-25H,4-9,14,16H2,1-3H3;1H. The van der Waals surface area contributed by atoms with Crippen LogP contribution in [0.25, 0.3) is 16.6 Å². The summed E-state index contributed by atoms with van der Waals surface area (Å²) in [6.07, 6.45) is 10.0. The lowest BCUT2D eigenvalue weighted by molar-refractivity contribution is -0.697. The molecule has 0 unspecified atom stereocenters. The number of halogens is 3. The molecule has 5 rings (SSSR count). The molecule has 0 bridgehead atoms. The molecule has 3 aromatic carbocycles. The Morgan fingerprint density at radius 1 is 0.880 bits per heavy atom. The molecule has 9 nitrogen and oxygen atoms in total. The quantitative estimate of drug-likeness (QED) is 0.129. The summed E-state index contributed by atoms with van der Waals surface area (Å²) in [6, 6.07) is 16.6. The number of ether oxygens (including phenoxy) is 3. The third-order valence-corrected chi connectivity index (χ3v) is 8.21. The van der Waals surface area contributed by atoms with E-state index in [4.69, 9.17) is 14.2 Å². The molecule has 1 N–H and O–H groups in total. The molecule has 0 spiro atoms. The van der Waals surface area contributed by atoms with Crippen molar-refractivity contribution in [2.75, 3.05) is 32.3 Å². The van der Waals surface area contributed by atoms with Crippen LogP contribution >= 0.6 is 0 Å². The van der Waals surface area contributed by atoms with Gasteiger partial charge in [0, 0.05) is 66.6 Å². The van der Waals surface area contributed by atoms with E-state index in [1.165, 1.54) is 20.4 Å². The van der Waals surface area contributed by atoms with Crippen LogP contribution in [0.1, 0.15) is 49.4 Å². The number of nitrogens with zero attached hydrogens (tertiary/aromatic N) is 3. The van der Waals surface area contributed by atoms with E-state index < -0.39 is 23.0 Å². The number of benzene rings is 3. The lowest BCUT2D eigenvalue weighted by atomic mass is 10.1. The number of pyridine rings is 2. The molecule has 2 aromatic heterocycles. The fourth-order valence-corrected chi connectivity index (χ4v) is 5.74. The van der Waals surface area contributed by atoms with E-state index >= 15 is 0 Å². The second-order valence-electron chi connectivity index (χ2n) is 11.6. The van der Waals surface area contributed by atoms with Crippen LogP contribution in [0.3, 0.4) is 0 Å². The first-order chi connectivity index (χ1) is 23.7. The second kappa shape index (κ2) is 17.6. The van der Waals surface area contributed by atoms with E-state index in [1.807, 2.05) is 16.8 Å². The molecule has 0 aliphatic carbocycles. The normalized spacial score (nSPS) is 10.8. The van der Waals surface area contributed by atoms with E-state index in [9.17, 15) is 23.5 Å². The highest BCUT2D eigenvalue weighted by Gasteiger charge is 2.24. The summed E-state index contributed by atoms with van der Waals surface area (Å²) >= 11 is 0. The Morgan fingerprint density at radius 2 is 1.56 bits per heavy atom. The first-order valence-electron chi connectivity index (χ1n) is 16.2. The van der Waals surface area contributed by atoms with Gasteiger partial charge in [0.15, 0.2) is 11.9 Å². The van der Waals surface area contributed by atoms with Gasteiger partial charge in [-0.05, 0) is 50.1 Å². The average molecular weight is 753 g/mol.